The highest BCUT2D eigenvalue weighted by atomic mass is 79.9. The molecule has 3 unspecified atom stereocenters. The molecule has 0 aromatic heterocycles. The smallest absolute Gasteiger partial charge is 0.0943 e. The van der Waals surface area contributed by atoms with E-state index in [2.05, 4.69) is 28.2 Å². The van der Waals surface area contributed by atoms with Gasteiger partial charge in [0.05, 0.1) is 11.1 Å². The Labute approximate surface area is 122 Å². The van der Waals surface area contributed by atoms with E-state index >= 15 is 0 Å². The molecule has 1 aromatic rings. The molecular formula is C14H19BrClNO. The standard InChI is InChI=1S/C14H19BrClNO/c1-2-9-5-6-17-13(7-9)14(18)10-3-4-11(15)12(16)8-10/h3-4,8-9,13-14,17-18H,2,5-7H2,1H3. The zero-order valence-electron chi connectivity index (χ0n) is 10.5. The van der Waals surface area contributed by atoms with Crippen LogP contribution in [-0.2, 0) is 0 Å². The summed E-state index contributed by atoms with van der Waals surface area (Å²) in [6.07, 6.45) is 2.95. The summed E-state index contributed by atoms with van der Waals surface area (Å²) in [4.78, 5) is 0. The second-order valence-electron chi connectivity index (χ2n) is 4.98. The van der Waals surface area contributed by atoms with Gasteiger partial charge in [-0.15, -0.1) is 0 Å². The fourth-order valence-electron chi connectivity index (χ4n) is 2.57. The first-order valence-electron chi connectivity index (χ1n) is 6.48. The van der Waals surface area contributed by atoms with Gasteiger partial charge < -0.3 is 10.4 Å². The predicted molar refractivity (Wildman–Crippen MR) is 78.9 cm³/mol. The maximum Gasteiger partial charge on any atom is 0.0943 e. The van der Waals surface area contributed by atoms with Crippen LogP contribution >= 0.6 is 27.5 Å². The molecule has 0 saturated carbocycles. The minimum absolute atomic E-state index is 0.140. The van der Waals surface area contributed by atoms with Crippen LogP contribution in [-0.4, -0.2) is 17.7 Å². The first kappa shape index (κ1) is 14.3. The molecule has 1 saturated heterocycles. The van der Waals surface area contributed by atoms with Gasteiger partial charge in [0.2, 0.25) is 0 Å². The zero-order chi connectivity index (χ0) is 13.1. The molecule has 18 heavy (non-hydrogen) atoms. The van der Waals surface area contributed by atoms with Crippen molar-refractivity contribution in [2.24, 2.45) is 5.92 Å². The van der Waals surface area contributed by atoms with Crippen LogP contribution in [0.2, 0.25) is 5.02 Å². The minimum atomic E-state index is -0.482. The van der Waals surface area contributed by atoms with E-state index in [0.29, 0.717) is 5.02 Å². The first-order chi connectivity index (χ1) is 8.61. The van der Waals surface area contributed by atoms with Crippen molar-refractivity contribution >= 4 is 27.5 Å². The number of hydrogen-bond acceptors (Lipinski definition) is 2. The third kappa shape index (κ3) is 3.27. The number of aliphatic hydroxyl groups is 1. The van der Waals surface area contributed by atoms with E-state index < -0.39 is 6.10 Å². The Morgan fingerprint density at radius 3 is 3.00 bits per heavy atom. The van der Waals surface area contributed by atoms with E-state index in [9.17, 15) is 5.11 Å². The number of piperidine rings is 1. The van der Waals surface area contributed by atoms with E-state index in [0.717, 1.165) is 28.9 Å². The minimum Gasteiger partial charge on any atom is -0.387 e. The van der Waals surface area contributed by atoms with Crippen molar-refractivity contribution in [2.45, 2.75) is 38.3 Å². The molecule has 4 heteroatoms. The van der Waals surface area contributed by atoms with Crippen molar-refractivity contribution in [1.29, 1.82) is 0 Å². The Hall–Kier alpha value is -0.0900. The molecule has 3 atom stereocenters. The van der Waals surface area contributed by atoms with Crippen LogP contribution in [0.15, 0.2) is 22.7 Å². The summed E-state index contributed by atoms with van der Waals surface area (Å²) < 4.78 is 0.864. The van der Waals surface area contributed by atoms with Crippen molar-refractivity contribution in [1.82, 2.24) is 5.32 Å². The molecule has 0 radical (unpaired) electrons. The molecule has 0 bridgehead atoms. The van der Waals surface area contributed by atoms with Gasteiger partial charge in [0.15, 0.2) is 0 Å². The number of aliphatic hydroxyl groups excluding tert-OH is 1. The van der Waals surface area contributed by atoms with E-state index in [1.54, 1.807) is 0 Å². The van der Waals surface area contributed by atoms with Crippen LogP contribution in [0.1, 0.15) is 37.9 Å². The van der Waals surface area contributed by atoms with Gasteiger partial charge in [-0.2, -0.15) is 0 Å². The van der Waals surface area contributed by atoms with Crippen LogP contribution in [0.4, 0.5) is 0 Å². The number of halogens is 2. The Balaban J connectivity index is 2.10. The van der Waals surface area contributed by atoms with Gasteiger partial charge in [-0.05, 0) is 58.9 Å². The maximum atomic E-state index is 10.4. The molecule has 1 heterocycles. The molecule has 0 amide bonds. The maximum absolute atomic E-state index is 10.4. The molecule has 1 aliphatic heterocycles. The third-order valence-electron chi connectivity index (χ3n) is 3.79. The number of hydrogen-bond donors (Lipinski definition) is 2. The molecule has 0 spiro atoms. The van der Waals surface area contributed by atoms with E-state index in [-0.39, 0.29) is 6.04 Å². The molecule has 1 aliphatic rings. The zero-order valence-corrected chi connectivity index (χ0v) is 12.8. The van der Waals surface area contributed by atoms with Gasteiger partial charge in [0.1, 0.15) is 0 Å². The van der Waals surface area contributed by atoms with Crippen molar-refractivity contribution < 1.29 is 5.11 Å². The summed E-state index contributed by atoms with van der Waals surface area (Å²) in [5, 5.41) is 14.5. The fraction of sp³-hybridized carbons (Fsp3) is 0.571. The van der Waals surface area contributed by atoms with Crippen molar-refractivity contribution in [3.63, 3.8) is 0 Å². The van der Waals surface area contributed by atoms with Crippen LogP contribution < -0.4 is 5.32 Å². The molecular weight excluding hydrogens is 314 g/mol. The van der Waals surface area contributed by atoms with Crippen molar-refractivity contribution in [2.75, 3.05) is 6.54 Å². The quantitative estimate of drug-likeness (QED) is 0.879. The summed E-state index contributed by atoms with van der Waals surface area (Å²) in [6, 6.07) is 5.80. The van der Waals surface area contributed by atoms with Crippen LogP contribution in [0.25, 0.3) is 0 Å². The summed E-state index contributed by atoms with van der Waals surface area (Å²) in [5.41, 5.74) is 0.887. The topological polar surface area (TPSA) is 32.3 Å². The number of nitrogens with one attached hydrogen (secondary N) is 1. The van der Waals surface area contributed by atoms with Gasteiger partial charge in [-0.25, -0.2) is 0 Å². The molecule has 100 valence electrons. The second kappa shape index (κ2) is 6.38. The lowest BCUT2D eigenvalue weighted by Crippen LogP contribution is -2.42. The second-order valence-corrected chi connectivity index (χ2v) is 6.24. The summed E-state index contributed by atoms with van der Waals surface area (Å²) in [7, 11) is 0. The van der Waals surface area contributed by atoms with Gasteiger partial charge in [0, 0.05) is 10.5 Å². The van der Waals surface area contributed by atoms with Gasteiger partial charge in [-0.1, -0.05) is 31.0 Å². The SMILES string of the molecule is CCC1CCNC(C(O)c2ccc(Br)c(Cl)c2)C1. The van der Waals surface area contributed by atoms with E-state index in [1.165, 1.54) is 12.8 Å². The van der Waals surface area contributed by atoms with Crippen molar-refractivity contribution in [3.8, 4) is 0 Å². The number of rotatable bonds is 3. The Morgan fingerprint density at radius 2 is 2.33 bits per heavy atom. The Bertz CT molecular complexity index is 413. The Kier molecular flexibility index (Phi) is 5.07. The predicted octanol–water partition coefficient (Wildman–Crippen LogP) is 3.91. The summed E-state index contributed by atoms with van der Waals surface area (Å²) >= 11 is 9.44. The highest BCUT2D eigenvalue weighted by Crippen LogP contribution is 2.31. The molecule has 2 nitrogen and oxygen atoms in total. The lowest BCUT2D eigenvalue weighted by Gasteiger charge is -2.33. The normalized spacial score (nSPS) is 26.0. The largest absolute Gasteiger partial charge is 0.387 e. The van der Waals surface area contributed by atoms with E-state index in [1.807, 2.05) is 18.2 Å². The highest BCUT2D eigenvalue weighted by molar-refractivity contribution is 9.10. The fourth-order valence-corrected chi connectivity index (χ4v) is 3.01. The van der Waals surface area contributed by atoms with Gasteiger partial charge in [-0.3, -0.25) is 0 Å². The summed E-state index contributed by atoms with van der Waals surface area (Å²) in [6.45, 7) is 3.21. The molecule has 1 fully saturated rings. The molecule has 1 aromatic carbocycles. The van der Waals surface area contributed by atoms with Crippen molar-refractivity contribution in [3.05, 3.63) is 33.3 Å². The molecule has 0 aliphatic carbocycles. The number of benzene rings is 1. The van der Waals surface area contributed by atoms with E-state index in [4.69, 9.17) is 11.6 Å². The van der Waals surface area contributed by atoms with Gasteiger partial charge in [0.25, 0.3) is 0 Å². The van der Waals surface area contributed by atoms with Crippen LogP contribution in [0, 0.1) is 5.92 Å². The highest BCUT2D eigenvalue weighted by Gasteiger charge is 2.27. The first-order valence-corrected chi connectivity index (χ1v) is 7.65. The average molecular weight is 333 g/mol. The average Bonchev–Trinajstić information content (AvgIpc) is 2.41. The van der Waals surface area contributed by atoms with Crippen LogP contribution in [0.5, 0.6) is 0 Å². The summed E-state index contributed by atoms with van der Waals surface area (Å²) in [5.74, 6) is 0.719. The molecule has 2 rings (SSSR count). The Morgan fingerprint density at radius 1 is 1.56 bits per heavy atom. The lowest BCUT2D eigenvalue weighted by molar-refractivity contribution is 0.0979. The monoisotopic (exact) mass is 331 g/mol. The lowest BCUT2D eigenvalue weighted by atomic mass is 9.86. The molecule has 2 N–H and O–H groups in total. The third-order valence-corrected chi connectivity index (χ3v) is 5.02. The van der Waals surface area contributed by atoms with Crippen LogP contribution in [0.3, 0.4) is 0 Å². The van der Waals surface area contributed by atoms with Gasteiger partial charge >= 0.3 is 0 Å².